The van der Waals surface area contributed by atoms with E-state index in [0.717, 1.165) is 6.61 Å². The van der Waals surface area contributed by atoms with Gasteiger partial charge in [0.15, 0.2) is 0 Å². The lowest BCUT2D eigenvalue weighted by Gasteiger charge is -2.34. The zero-order valence-electron chi connectivity index (χ0n) is 7.60. The zero-order chi connectivity index (χ0) is 8.32. The van der Waals surface area contributed by atoms with Crippen LogP contribution < -0.4 is 5.90 Å². The highest BCUT2D eigenvalue weighted by atomic mass is 16.6. The predicted octanol–water partition coefficient (Wildman–Crippen LogP) is 2.09. The Kier molecular flexibility index (Phi) is 2.90. The van der Waals surface area contributed by atoms with E-state index in [1.807, 2.05) is 0 Å². The minimum atomic E-state index is 0.515. The van der Waals surface area contributed by atoms with Crippen LogP contribution in [-0.4, -0.2) is 6.61 Å². The largest absolute Gasteiger partial charge is 0.304 e. The molecule has 2 N–H and O–H groups in total. The van der Waals surface area contributed by atoms with Crippen molar-refractivity contribution in [3.63, 3.8) is 0 Å². The van der Waals surface area contributed by atoms with E-state index in [0.29, 0.717) is 11.3 Å². The normalized spacial score (nSPS) is 30.3. The lowest BCUT2D eigenvalue weighted by atomic mass is 9.72. The summed E-state index contributed by atoms with van der Waals surface area (Å²) in [5.74, 6) is 5.75. The standard InChI is InChI=1S/C9H19NO/c1-9(2)5-3-4-8(6-9)7-11-10/h8H,3-7,10H2,1-2H3. The summed E-state index contributed by atoms with van der Waals surface area (Å²) >= 11 is 0. The molecule has 1 fully saturated rings. The monoisotopic (exact) mass is 157 g/mol. The summed E-state index contributed by atoms with van der Waals surface area (Å²) in [6, 6.07) is 0. The fourth-order valence-corrected chi connectivity index (χ4v) is 2.13. The van der Waals surface area contributed by atoms with Gasteiger partial charge in [0.2, 0.25) is 0 Å². The zero-order valence-corrected chi connectivity index (χ0v) is 7.60. The van der Waals surface area contributed by atoms with Gasteiger partial charge in [0.1, 0.15) is 0 Å². The van der Waals surface area contributed by atoms with Gasteiger partial charge in [-0.25, -0.2) is 5.90 Å². The van der Waals surface area contributed by atoms with Crippen LogP contribution in [0.3, 0.4) is 0 Å². The van der Waals surface area contributed by atoms with Gasteiger partial charge < -0.3 is 4.84 Å². The number of rotatable bonds is 2. The lowest BCUT2D eigenvalue weighted by Crippen LogP contribution is -2.26. The van der Waals surface area contributed by atoms with Gasteiger partial charge in [0.05, 0.1) is 6.61 Å². The third-order valence-corrected chi connectivity index (χ3v) is 2.64. The molecule has 0 bridgehead atoms. The first-order chi connectivity index (χ1) is 5.14. The van der Waals surface area contributed by atoms with Gasteiger partial charge in [-0.05, 0) is 30.6 Å². The summed E-state index contributed by atoms with van der Waals surface area (Å²) in [6.45, 7) is 5.40. The second kappa shape index (κ2) is 3.55. The molecule has 0 spiro atoms. The smallest absolute Gasteiger partial charge is 0.0707 e. The van der Waals surface area contributed by atoms with Crippen molar-refractivity contribution in [3.05, 3.63) is 0 Å². The Morgan fingerprint density at radius 3 is 2.82 bits per heavy atom. The molecule has 2 heteroatoms. The quantitative estimate of drug-likeness (QED) is 0.623. The van der Waals surface area contributed by atoms with E-state index < -0.39 is 0 Å². The third kappa shape index (κ3) is 2.80. The van der Waals surface area contributed by atoms with E-state index in [9.17, 15) is 0 Å². The molecule has 0 saturated heterocycles. The first-order valence-electron chi connectivity index (χ1n) is 4.46. The Labute approximate surface area is 69.1 Å². The Hall–Kier alpha value is -0.0800. The van der Waals surface area contributed by atoms with Crippen LogP contribution in [0.15, 0.2) is 0 Å². The molecule has 0 aromatic heterocycles. The highest BCUT2D eigenvalue weighted by Gasteiger charge is 2.27. The van der Waals surface area contributed by atoms with Crippen LogP contribution in [0.1, 0.15) is 39.5 Å². The van der Waals surface area contributed by atoms with Crippen LogP contribution in [0.4, 0.5) is 0 Å². The topological polar surface area (TPSA) is 35.2 Å². The Bertz CT molecular complexity index is 121. The summed E-state index contributed by atoms with van der Waals surface area (Å²) in [5, 5.41) is 0. The summed E-state index contributed by atoms with van der Waals surface area (Å²) in [6.07, 6.45) is 5.25. The Balaban J connectivity index is 2.34. The van der Waals surface area contributed by atoms with E-state index in [1.54, 1.807) is 0 Å². The summed E-state index contributed by atoms with van der Waals surface area (Å²) in [4.78, 5) is 4.67. The highest BCUT2D eigenvalue weighted by Crippen LogP contribution is 2.38. The van der Waals surface area contributed by atoms with Gasteiger partial charge in [0.25, 0.3) is 0 Å². The predicted molar refractivity (Wildman–Crippen MR) is 45.9 cm³/mol. The summed E-state index contributed by atoms with van der Waals surface area (Å²) < 4.78 is 0. The van der Waals surface area contributed by atoms with E-state index in [1.165, 1.54) is 25.7 Å². The van der Waals surface area contributed by atoms with Gasteiger partial charge in [-0.3, -0.25) is 0 Å². The minimum absolute atomic E-state index is 0.515. The molecule has 0 amide bonds. The van der Waals surface area contributed by atoms with E-state index in [2.05, 4.69) is 18.7 Å². The third-order valence-electron chi connectivity index (χ3n) is 2.64. The van der Waals surface area contributed by atoms with E-state index in [-0.39, 0.29) is 0 Å². The van der Waals surface area contributed by atoms with Gasteiger partial charge in [-0.1, -0.05) is 20.3 Å². The molecular weight excluding hydrogens is 138 g/mol. The molecule has 0 aliphatic heterocycles. The van der Waals surface area contributed by atoms with Gasteiger partial charge in [0, 0.05) is 0 Å². The van der Waals surface area contributed by atoms with Crippen molar-refractivity contribution in [2.75, 3.05) is 6.61 Å². The van der Waals surface area contributed by atoms with Crippen molar-refractivity contribution in [3.8, 4) is 0 Å². The molecule has 1 aliphatic carbocycles. The van der Waals surface area contributed by atoms with Crippen molar-refractivity contribution < 1.29 is 4.84 Å². The molecule has 0 aromatic carbocycles. The molecule has 66 valence electrons. The van der Waals surface area contributed by atoms with Crippen LogP contribution in [0.2, 0.25) is 0 Å². The van der Waals surface area contributed by atoms with Crippen molar-refractivity contribution in [2.45, 2.75) is 39.5 Å². The van der Waals surface area contributed by atoms with Crippen LogP contribution >= 0.6 is 0 Å². The molecule has 0 aromatic rings. The average molecular weight is 157 g/mol. The number of hydrogen-bond acceptors (Lipinski definition) is 2. The molecule has 1 aliphatic rings. The first kappa shape index (κ1) is 9.01. The maximum atomic E-state index is 5.05. The van der Waals surface area contributed by atoms with Gasteiger partial charge in [-0.2, -0.15) is 0 Å². The fourth-order valence-electron chi connectivity index (χ4n) is 2.13. The number of hydrogen-bond donors (Lipinski definition) is 1. The average Bonchev–Trinajstić information content (AvgIpc) is 1.85. The van der Waals surface area contributed by atoms with Crippen molar-refractivity contribution in [2.24, 2.45) is 17.2 Å². The Morgan fingerprint density at radius 2 is 2.27 bits per heavy atom. The van der Waals surface area contributed by atoms with Crippen molar-refractivity contribution in [1.29, 1.82) is 0 Å². The minimum Gasteiger partial charge on any atom is -0.304 e. The second-order valence-corrected chi connectivity index (χ2v) is 4.46. The molecule has 1 saturated carbocycles. The molecule has 1 rings (SSSR count). The molecule has 1 atom stereocenters. The highest BCUT2D eigenvalue weighted by molar-refractivity contribution is 4.78. The summed E-state index contributed by atoms with van der Waals surface area (Å²) in [7, 11) is 0. The van der Waals surface area contributed by atoms with Crippen molar-refractivity contribution in [1.82, 2.24) is 0 Å². The maximum absolute atomic E-state index is 5.05. The van der Waals surface area contributed by atoms with Gasteiger partial charge >= 0.3 is 0 Å². The lowest BCUT2D eigenvalue weighted by molar-refractivity contribution is 0.0578. The van der Waals surface area contributed by atoms with Crippen LogP contribution in [0.25, 0.3) is 0 Å². The SMILES string of the molecule is CC1(C)CCCC(CON)C1. The molecule has 2 nitrogen and oxygen atoms in total. The van der Waals surface area contributed by atoms with Crippen molar-refractivity contribution >= 4 is 0 Å². The van der Waals surface area contributed by atoms with Crippen LogP contribution in [-0.2, 0) is 4.84 Å². The van der Waals surface area contributed by atoms with Crippen LogP contribution in [0, 0.1) is 11.3 Å². The maximum Gasteiger partial charge on any atom is 0.0707 e. The molecular formula is C9H19NO. The van der Waals surface area contributed by atoms with E-state index in [4.69, 9.17) is 5.90 Å². The number of nitrogens with two attached hydrogens (primary N) is 1. The fraction of sp³-hybridized carbons (Fsp3) is 1.00. The van der Waals surface area contributed by atoms with Crippen LogP contribution in [0.5, 0.6) is 0 Å². The molecule has 11 heavy (non-hydrogen) atoms. The first-order valence-corrected chi connectivity index (χ1v) is 4.46. The molecule has 1 unspecified atom stereocenters. The summed E-state index contributed by atoms with van der Waals surface area (Å²) in [5.41, 5.74) is 0.515. The Morgan fingerprint density at radius 1 is 1.55 bits per heavy atom. The van der Waals surface area contributed by atoms with Gasteiger partial charge in [-0.15, -0.1) is 0 Å². The van der Waals surface area contributed by atoms with E-state index >= 15 is 0 Å². The second-order valence-electron chi connectivity index (χ2n) is 4.46. The molecule has 0 radical (unpaired) electrons. The molecule has 0 heterocycles.